The van der Waals surface area contributed by atoms with Crippen molar-refractivity contribution in [1.29, 1.82) is 0 Å². The van der Waals surface area contributed by atoms with Crippen LogP contribution in [-0.4, -0.2) is 55.9 Å². The van der Waals surface area contributed by atoms with E-state index in [-0.39, 0.29) is 11.6 Å². The number of ether oxygens (including phenoxy) is 1. The maximum atomic E-state index is 5.20. The number of likely N-dealkylation sites (N-methyl/N-ethyl adjacent to an activating group) is 1. The summed E-state index contributed by atoms with van der Waals surface area (Å²) >= 11 is 5.20. The van der Waals surface area contributed by atoms with E-state index >= 15 is 0 Å². The summed E-state index contributed by atoms with van der Waals surface area (Å²) in [6, 6.07) is 0.229. The Balaban J connectivity index is 3.90. The zero-order chi connectivity index (χ0) is 12.8. The van der Waals surface area contributed by atoms with Gasteiger partial charge in [0.25, 0.3) is 0 Å². The van der Waals surface area contributed by atoms with Crippen molar-refractivity contribution < 1.29 is 4.74 Å². The lowest BCUT2D eigenvalue weighted by Crippen LogP contribution is -2.51. The lowest BCUT2D eigenvalue weighted by atomic mass is 10.1. The van der Waals surface area contributed by atoms with E-state index in [1.54, 1.807) is 7.11 Å². The molecule has 1 atom stereocenters. The van der Waals surface area contributed by atoms with E-state index in [4.69, 9.17) is 17.0 Å². The largest absolute Gasteiger partial charge is 0.383 e. The van der Waals surface area contributed by atoms with Gasteiger partial charge in [0.1, 0.15) is 0 Å². The highest BCUT2D eigenvalue weighted by Crippen LogP contribution is 2.07. The van der Waals surface area contributed by atoms with E-state index < -0.39 is 0 Å². The second kappa shape index (κ2) is 7.04. The normalized spacial score (nSPS) is 13.7. The van der Waals surface area contributed by atoms with Gasteiger partial charge in [0.05, 0.1) is 6.61 Å². The van der Waals surface area contributed by atoms with Crippen LogP contribution in [0.3, 0.4) is 0 Å². The molecule has 2 N–H and O–H groups in total. The smallest absolute Gasteiger partial charge is 0.166 e. The van der Waals surface area contributed by atoms with E-state index in [0.29, 0.717) is 11.7 Å². The van der Waals surface area contributed by atoms with Crippen LogP contribution in [0.25, 0.3) is 0 Å². The lowest BCUT2D eigenvalue weighted by molar-refractivity contribution is 0.178. The van der Waals surface area contributed by atoms with Crippen molar-refractivity contribution in [3.05, 3.63) is 0 Å². The molecule has 4 nitrogen and oxygen atoms in total. The first-order valence-electron chi connectivity index (χ1n) is 5.50. The van der Waals surface area contributed by atoms with Gasteiger partial charge in [-0.2, -0.15) is 0 Å². The van der Waals surface area contributed by atoms with Gasteiger partial charge in [-0.05, 0) is 47.1 Å². The van der Waals surface area contributed by atoms with Gasteiger partial charge in [-0.15, -0.1) is 0 Å². The zero-order valence-corrected chi connectivity index (χ0v) is 12.1. The first kappa shape index (κ1) is 15.6. The molecule has 0 rings (SSSR count). The van der Waals surface area contributed by atoms with E-state index in [0.717, 1.165) is 6.54 Å². The van der Waals surface area contributed by atoms with E-state index in [9.17, 15) is 0 Å². The minimum atomic E-state index is 0.0796. The molecular formula is C11H25N3OS. The molecule has 96 valence electrons. The highest BCUT2D eigenvalue weighted by atomic mass is 32.1. The van der Waals surface area contributed by atoms with E-state index in [2.05, 4.69) is 43.5 Å². The van der Waals surface area contributed by atoms with Crippen molar-refractivity contribution in [2.24, 2.45) is 0 Å². The van der Waals surface area contributed by atoms with Crippen LogP contribution in [0.2, 0.25) is 0 Å². The fourth-order valence-electron chi connectivity index (χ4n) is 1.02. The number of nitrogens with zero attached hydrogens (tertiary/aromatic N) is 1. The standard InChI is InChI=1S/C11H25N3OS/c1-9(7-15-6)13-10(16)12-8-11(2,3)14(4)5/h9H,7-8H2,1-6H3,(H2,12,13,16). The molecule has 0 saturated heterocycles. The molecule has 0 radical (unpaired) electrons. The molecule has 0 aromatic rings. The van der Waals surface area contributed by atoms with Gasteiger partial charge in [-0.25, -0.2) is 0 Å². The van der Waals surface area contributed by atoms with Crippen molar-refractivity contribution in [2.75, 3.05) is 34.4 Å². The first-order chi connectivity index (χ1) is 7.29. The van der Waals surface area contributed by atoms with Crippen molar-refractivity contribution in [3.8, 4) is 0 Å². The number of thiocarbonyl (C=S) groups is 1. The molecule has 16 heavy (non-hydrogen) atoms. The third-order valence-corrected chi connectivity index (χ3v) is 2.95. The Hall–Kier alpha value is -0.390. The van der Waals surface area contributed by atoms with Crippen LogP contribution >= 0.6 is 12.2 Å². The molecular weight excluding hydrogens is 222 g/mol. The number of methoxy groups -OCH3 is 1. The minimum absolute atomic E-state index is 0.0796. The Bertz CT molecular complexity index is 219. The van der Waals surface area contributed by atoms with Gasteiger partial charge in [0.2, 0.25) is 0 Å². The molecule has 0 fully saturated rings. The summed E-state index contributed by atoms with van der Waals surface area (Å²) in [4.78, 5) is 2.17. The monoisotopic (exact) mass is 247 g/mol. The SMILES string of the molecule is COCC(C)NC(=S)NCC(C)(C)N(C)C. The molecule has 5 heteroatoms. The summed E-state index contributed by atoms with van der Waals surface area (Å²) in [6.45, 7) is 7.83. The predicted octanol–water partition coefficient (Wildman–Crippen LogP) is 0.826. The van der Waals surface area contributed by atoms with Crippen molar-refractivity contribution >= 4 is 17.3 Å². The van der Waals surface area contributed by atoms with Gasteiger partial charge in [0, 0.05) is 25.2 Å². The Kier molecular flexibility index (Phi) is 6.87. The molecule has 0 amide bonds. The number of rotatable bonds is 6. The minimum Gasteiger partial charge on any atom is -0.383 e. The number of nitrogens with one attached hydrogen (secondary N) is 2. The fraction of sp³-hybridized carbons (Fsp3) is 0.909. The van der Waals surface area contributed by atoms with Gasteiger partial charge in [0.15, 0.2) is 5.11 Å². The molecule has 1 unspecified atom stereocenters. The Morgan fingerprint density at radius 1 is 1.44 bits per heavy atom. The second-order valence-corrected chi connectivity index (χ2v) is 5.30. The number of hydrogen-bond donors (Lipinski definition) is 2. The summed E-state index contributed by atoms with van der Waals surface area (Å²) in [5, 5.41) is 7.07. The Morgan fingerprint density at radius 3 is 2.44 bits per heavy atom. The summed E-state index contributed by atoms with van der Waals surface area (Å²) in [7, 11) is 5.81. The van der Waals surface area contributed by atoms with Crippen LogP contribution in [0.15, 0.2) is 0 Å². The van der Waals surface area contributed by atoms with Gasteiger partial charge < -0.3 is 20.3 Å². The van der Waals surface area contributed by atoms with Crippen LogP contribution in [0, 0.1) is 0 Å². The third kappa shape index (κ3) is 6.25. The summed E-state index contributed by atoms with van der Waals surface area (Å²) < 4.78 is 5.03. The summed E-state index contributed by atoms with van der Waals surface area (Å²) in [6.07, 6.45) is 0. The molecule has 0 spiro atoms. The quantitative estimate of drug-likeness (QED) is 0.680. The van der Waals surface area contributed by atoms with Crippen LogP contribution in [0.1, 0.15) is 20.8 Å². The molecule has 0 aliphatic carbocycles. The summed E-state index contributed by atoms with van der Waals surface area (Å²) in [5.74, 6) is 0. The predicted molar refractivity (Wildman–Crippen MR) is 72.8 cm³/mol. The maximum Gasteiger partial charge on any atom is 0.166 e. The first-order valence-corrected chi connectivity index (χ1v) is 5.91. The molecule has 0 saturated carbocycles. The number of hydrogen-bond acceptors (Lipinski definition) is 3. The molecule has 0 aliphatic rings. The fourth-order valence-corrected chi connectivity index (χ4v) is 1.29. The van der Waals surface area contributed by atoms with Gasteiger partial charge in [-0.1, -0.05) is 0 Å². The van der Waals surface area contributed by atoms with E-state index in [1.165, 1.54) is 0 Å². The van der Waals surface area contributed by atoms with Crippen LogP contribution in [0.4, 0.5) is 0 Å². The lowest BCUT2D eigenvalue weighted by Gasteiger charge is -2.33. The average Bonchev–Trinajstić information content (AvgIpc) is 2.15. The van der Waals surface area contributed by atoms with Crippen LogP contribution in [-0.2, 0) is 4.74 Å². The summed E-state index contributed by atoms with van der Waals surface area (Å²) in [5.41, 5.74) is 0.0796. The molecule has 0 bridgehead atoms. The molecule has 0 aliphatic heterocycles. The third-order valence-electron chi connectivity index (χ3n) is 2.69. The van der Waals surface area contributed by atoms with Crippen molar-refractivity contribution in [3.63, 3.8) is 0 Å². The second-order valence-electron chi connectivity index (χ2n) is 4.89. The Labute approximate surface area is 105 Å². The molecule has 0 aromatic carbocycles. The Morgan fingerprint density at radius 2 is 2.00 bits per heavy atom. The maximum absolute atomic E-state index is 5.20. The topological polar surface area (TPSA) is 36.5 Å². The van der Waals surface area contributed by atoms with Crippen LogP contribution in [0.5, 0.6) is 0 Å². The van der Waals surface area contributed by atoms with Crippen LogP contribution < -0.4 is 10.6 Å². The highest BCUT2D eigenvalue weighted by molar-refractivity contribution is 7.80. The van der Waals surface area contributed by atoms with Gasteiger partial charge >= 0.3 is 0 Å². The molecule has 0 heterocycles. The van der Waals surface area contributed by atoms with Gasteiger partial charge in [-0.3, -0.25) is 0 Å². The van der Waals surface area contributed by atoms with Crippen molar-refractivity contribution in [1.82, 2.24) is 15.5 Å². The molecule has 0 aromatic heterocycles. The zero-order valence-electron chi connectivity index (χ0n) is 11.3. The van der Waals surface area contributed by atoms with Crippen molar-refractivity contribution in [2.45, 2.75) is 32.4 Å². The highest BCUT2D eigenvalue weighted by Gasteiger charge is 2.20. The van der Waals surface area contributed by atoms with E-state index in [1.807, 2.05) is 6.92 Å². The average molecular weight is 247 g/mol.